The maximum atomic E-state index is 10.4. The molecule has 108 valence electrons. The Balaban J connectivity index is 2.34. The summed E-state index contributed by atoms with van der Waals surface area (Å²) in [6, 6.07) is 2.80. The summed E-state index contributed by atoms with van der Waals surface area (Å²) in [5.74, 6) is 0.579. The summed E-state index contributed by atoms with van der Waals surface area (Å²) in [7, 11) is 0. The zero-order valence-electron chi connectivity index (χ0n) is 11.2. The molecule has 1 rings (SSSR count). The second-order valence-corrected chi connectivity index (χ2v) is 4.69. The van der Waals surface area contributed by atoms with Crippen molar-refractivity contribution < 1.29 is 9.34 Å². The molecule has 0 unspecified atom stereocenters. The highest BCUT2D eigenvalue weighted by Crippen LogP contribution is 2.16. The highest BCUT2D eigenvalue weighted by atomic mass is 32.1. The molecule has 0 fully saturated rings. The Hall–Kier alpha value is -2.22. The fourth-order valence-corrected chi connectivity index (χ4v) is 1.28. The van der Waals surface area contributed by atoms with E-state index < -0.39 is 4.92 Å². The maximum Gasteiger partial charge on any atom is 0.433 e. The molecule has 0 aliphatic rings. The third-order valence-electron chi connectivity index (χ3n) is 2.05. The molecule has 1 heterocycles. The van der Waals surface area contributed by atoms with Gasteiger partial charge in [0.05, 0.1) is 6.07 Å². The average Bonchev–Trinajstić information content (AvgIpc) is 2.85. The van der Waals surface area contributed by atoms with E-state index in [0.29, 0.717) is 16.8 Å². The molecular weight excluding hydrogens is 280 g/mol. The van der Waals surface area contributed by atoms with Crippen LogP contribution in [0.3, 0.4) is 0 Å². The van der Waals surface area contributed by atoms with Crippen molar-refractivity contribution in [3.63, 3.8) is 0 Å². The van der Waals surface area contributed by atoms with Crippen LogP contribution in [0, 0.1) is 16.0 Å². The first-order chi connectivity index (χ1) is 9.49. The number of nitro groups is 1. The number of hydrogen-bond donors (Lipinski definition) is 2. The molecule has 0 bridgehead atoms. The monoisotopic (exact) mass is 296 g/mol. The molecule has 0 aromatic carbocycles. The zero-order chi connectivity index (χ0) is 15.0. The van der Waals surface area contributed by atoms with Crippen LogP contribution < -0.4 is 10.7 Å². The standard InChI is InChI=1S/C12H16N4O3S/c1-9(2)8-13-12(20)15-14-7-3-4-10-5-6-11(19-10)16(17)18/h3-7,9H,8H2,1-2H3,(H2,13,15,20)/b4-3+,14-7-. The van der Waals surface area contributed by atoms with Gasteiger partial charge in [0.25, 0.3) is 0 Å². The summed E-state index contributed by atoms with van der Waals surface area (Å²) in [4.78, 5) is 9.81. The van der Waals surface area contributed by atoms with Crippen LogP contribution >= 0.6 is 12.2 Å². The van der Waals surface area contributed by atoms with Gasteiger partial charge in [-0.2, -0.15) is 5.10 Å². The molecule has 0 amide bonds. The van der Waals surface area contributed by atoms with Gasteiger partial charge in [-0.25, -0.2) is 0 Å². The highest BCUT2D eigenvalue weighted by Gasteiger charge is 2.09. The van der Waals surface area contributed by atoms with Crippen LogP contribution in [0.4, 0.5) is 5.88 Å². The second kappa shape index (κ2) is 8.05. The highest BCUT2D eigenvalue weighted by molar-refractivity contribution is 7.80. The van der Waals surface area contributed by atoms with Crippen molar-refractivity contribution in [1.82, 2.24) is 10.7 Å². The van der Waals surface area contributed by atoms with E-state index in [2.05, 4.69) is 29.7 Å². The van der Waals surface area contributed by atoms with Gasteiger partial charge in [0.2, 0.25) is 0 Å². The smallest absolute Gasteiger partial charge is 0.401 e. The van der Waals surface area contributed by atoms with Crippen LogP contribution in [0.2, 0.25) is 0 Å². The number of furan rings is 1. The van der Waals surface area contributed by atoms with E-state index in [1.165, 1.54) is 18.3 Å². The molecule has 0 spiro atoms. The predicted molar refractivity (Wildman–Crippen MR) is 81.5 cm³/mol. The molecule has 0 radical (unpaired) electrons. The quantitative estimate of drug-likeness (QED) is 0.362. The Morgan fingerprint density at radius 1 is 1.60 bits per heavy atom. The van der Waals surface area contributed by atoms with Crippen molar-refractivity contribution in [1.29, 1.82) is 0 Å². The summed E-state index contributed by atoms with van der Waals surface area (Å²) in [5.41, 5.74) is 2.65. The Morgan fingerprint density at radius 3 is 2.95 bits per heavy atom. The molecule has 0 saturated carbocycles. The summed E-state index contributed by atoms with van der Waals surface area (Å²) >= 11 is 4.99. The van der Waals surface area contributed by atoms with Gasteiger partial charge in [0, 0.05) is 12.8 Å². The van der Waals surface area contributed by atoms with Gasteiger partial charge < -0.3 is 9.73 Å². The van der Waals surface area contributed by atoms with E-state index in [1.54, 1.807) is 12.2 Å². The minimum atomic E-state index is -0.591. The number of rotatable bonds is 6. The number of hydrazone groups is 1. The largest absolute Gasteiger partial charge is 0.433 e. The van der Waals surface area contributed by atoms with E-state index in [9.17, 15) is 10.1 Å². The van der Waals surface area contributed by atoms with Gasteiger partial charge in [-0.3, -0.25) is 15.5 Å². The molecule has 20 heavy (non-hydrogen) atoms. The van der Waals surface area contributed by atoms with E-state index in [0.717, 1.165) is 6.54 Å². The number of thiocarbonyl (C=S) groups is 1. The normalized spacial score (nSPS) is 11.3. The van der Waals surface area contributed by atoms with Gasteiger partial charge in [-0.05, 0) is 36.4 Å². The lowest BCUT2D eigenvalue weighted by Crippen LogP contribution is -2.34. The van der Waals surface area contributed by atoms with Gasteiger partial charge in [0.1, 0.15) is 10.7 Å². The number of allylic oxidation sites excluding steroid dienone is 1. The fourth-order valence-electron chi connectivity index (χ4n) is 1.14. The average molecular weight is 296 g/mol. The van der Waals surface area contributed by atoms with Crippen molar-refractivity contribution in [3.05, 3.63) is 34.1 Å². The van der Waals surface area contributed by atoms with Crippen LogP contribution in [-0.4, -0.2) is 22.8 Å². The molecule has 1 aromatic heterocycles. The van der Waals surface area contributed by atoms with Crippen LogP contribution in [0.25, 0.3) is 6.08 Å². The second-order valence-electron chi connectivity index (χ2n) is 4.29. The predicted octanol–water partition coefficient (Wildman–Crippen LogP) is 2.31. The maximum absolute atomic E-state index is 10.4. The Kier molecular flexibility index (Phi) is 6.38. The van der Waals surface area contributed by atoms with Gasteiger partial charge in [-0.15, -0.1) is 0 Å². The first-order valence-electron chi connectivity index (χ1n) is 5.97. The molecule has 0 atom stereocenters. The lowest BCUT2D eigenvalue weighted by atomic mass is 10.2. The van der Waals surface area contributed by atoms with Gasteiger partial charge in [-0.1, -0.05) is 13.8 Å². The summed E-state index contributed by atoms with van der Waals surface area (Å²) < 4.78 is 4.93. The van der Waals surface area contributed by atoms with Crippen molar-refractivity contribution in [2.75, 3.05) is 6.54 Å². The van der Waals surface area contributed by atoms with Crippen molar-refractivity contribution in [2.24, 2.45) is 11.0 Å². The molecule has 0 saturated heterocycles. The van der Waals surface area contributed by atoms with Crippen molar-refractivity contribution in [3.8, 4) is 0 Å². The fraction of sp³-hybridized carbons (Fsp3) is 0.333. The number of hydrogen-bond acceptors (Lipinski definition) is 5. The summed E-state index contributed by atoms with van der Waals surface area (Å²) in [6.07, 6.45) is 4.61. The molecule has 0 aliphatic carbocycles. The van der Waals surface area contributed by atoms with E-state index in [1.807, 2.05) is 0 Å². The lowest BCUT2D eigenvalue weighted by molar-refractivity contribution is -0.402. The van der Waals surface area contributed by atoms with Gasteiger partial charge >= 0.3 is 5.88 Å². The molecular formula is C12H16N4O3S. The first-order valence-corrected chi connectivity index (χ1v) is 6.37. The molecule has 1 aromatic rings. The molecule has 2 N–H and O–H groups in total. The number of nitrogens with one attached hydrogen (secondary N) is 2. The summed E-state index contributed by atoms with van der Waals surface area (Å²) in [6.45, 7) is 4.92. The van der Waals surface area contributed by atoms with Crippen LogP contribution in [-0.2, 0) is 0 Å². The van der Waals surface area contributed by atoms with Crippen LogP contribution in [0.5, 0.6) is 0 Å². The number of nitrogens with zero attached hydrogens (tertiary/aromatic N) is 2. The van der Waals surface area contributed by atoms with Crippen LogP contribution in [0.15, 0.2) is 27.7 Å². The topological polar surface area (TPSA) is 92.7 Å². The first kappa shape index (κ1) is 15.8. The SMILES string of the molecule is CC(C)CNC(=S)N/N=C\C=C\c1ccc([N+](=O)[O-])o1. The van der Waals surface area contributed by atoms with E-state index in [4.69, 9.17) is 16.6 Å². The minimum absolute atomic E-state index is 0.293. The van der Waals surface area contributed by atoms with Crippen molar-refractivity contribution in [2.45, 2.75) is 13.8 Å². The van der Waals surface area contributed by atoms with Gasteiger partial charge in [0.15, 0.2) is 5.11 Å². The molecule has 0 aliphatic heterocycles. The van der Waals surface area contributed by atoms with Crippen molar-refractivity contribution >= 4 is 35.5 Å². The lowest BCUT2D eigenvalue weighted by Gasteiger charge is -2.08. The summed E-state index contributed by atoms with van der Waals surface area (Å²) in [5, 5.41) is 17.7. The Labute approximate surface area is 121 Å². The third-order valence-corrected chi connectivity index (χ3v) is 2.29. The third kappa shape index (κ3) is 6.10. The molecule has 8 heteroatoms. The zero-order valence-corrected chi connectivity index (χ0v) is 12.0. The van der Waals surface area contributed by atoms with Crippen LogP contribution in [0.1, 0.15) is 19.6 Å². The van der Waals surface area contributed by atoms with E-state index in [-0.39, 0.29) is 5.88 Å². The molecule has 7 nitrogen and oxygen atoms in total. The Morgan fingerprint density at radius 2 is 2.35 bits per heavy atom. The van der Waals surface area contributed by atoms with E-state index >= 15 is 0 Å². The Bertz CT molecular complexity index is 523. The minimum Gasteiger partial charge on any atom is -0.401 e.